The zero-order valence-electron chi connectivity index (χ0n) is 12.8. The average Bonchev–Trinajstić information content (AvgIpc) is 2.54. The fraction of sp³-hybridized carbons (Fsp3) is 0.188. The van der Waals surface area contributed by atoms with Gasteiger partial charge in [-0.3, -0.25) is 10.1 Å². The molecule has 0 fully saturated rings. The first-order valence-electron chi connectivity index (χ1n) is 6.93. The van der Waals surface area contributed by atoms with E-state index >= 15 is 0 Å². The number of urea groups is 1. The van der Waals surface area contributed by atoms with Gasteiger partial charge in [0.2, 0.25) is 0 Å². The first-order valence-corrected chi connectivity index (χ1v) is 6.93. The van der Waals surface area contributed by atoms with Crippen LogP contribution in [0.15, 0.2) is 42.5 Å². The minimum Gasteiger partial charge on any atom is -0.495 e. The molecule has 0 aliphatic heterocycles. The molecule has 23 heavy (non-hydrogen) atoms. The Morgan fingerprint density at radius 2 is 2.00 bits per heavy atom. The molecule has 0 radical (unpaired) electrons. The highest BCUT2D eigenvalue weighted by atomic mass is 16.6. The lowest BCUT2D eigenvalue weighted by Gasteiger charge is -2.12. The van der Waals surface area contributed by atoms with Crippen LogP contribution in [0.25, 0.3) is 0 Å². The third-order valence-electron chi connectivity index (χ3n) is 3.34. The number of hydrogen-bond donors (Lipinski definition) is 2. The van der Waals surface area contributed by atoms with Gasteiger partial charge in [0, 0.05) is 18.7 Å². The summed E-state index contributed by atoms with van der Waals surface area (Å²) in [5.74, 6) is 0.349. The number of rotatable bonds is 5. The first kappa shape index (κ1) is 16.3. The fourth-order valence-corrected chi connectivity index (χ4v) is 2.06. The monoisotopic (exact) mass is 315 g/mol. The van der Waals surface area contributed by atoms with E-state index in [4.69, 9.17) is 4.74 Å². The molecule has 0 aliphatic rings. The van der Waals surface area contributed by atoms with Crippen molar-refractivity contribution in [3.05, 3.63) is 63.7 Å². The predicted molar refractivity (Wildman–Crippen MR) is 86.7 cm³/mol. The largest absolute Gasteiger partial charge is 0.495 e. The van der Waals surface area contributed by atoms with Crippen LogP contribution in [0.2, 0.25) is 0 Å². The van der Waals surface area contributed by atoms with Gasteiger partial charge in [-0.2, -0.15) is 0 Å². The minimum absolute atomic E-state index is 0.125. The number of ether oxygens (including phenoxy) is 1. The molecule has 0 saturated heterocycles. The van der Waals surface area contributed by atoms with Crippen LogP contribution in [0.4, 0.5) is 16.2 Å². The van der Waals surface area contributed by atoms with E-state index in [0.717, 1.165) is 11.1 Å². The number of anilines is 1. The van der Waals surface area contributed by atoms with Crippen LogP contribution in [0.1, 0.15) is 11.1 Å². The Hall–Kier alpha value is -3.09. The van der Waals surface area contributed by atoms with Crippen molar-refractivity contribution < 1.29 is 14.5 Å². The van der Waals surface area contributed by atoms with Crippen molar-refractivity contribution >= 4 is 17.4 Å². The van der Waals surface area contributed by atoms with Crippen LogP contribution in [-0.2, 0) is 6.54 Å². The van der Waals surface area contributed by atoms with Crippen molar-refractivity contribution in [3.8, 4) is 5.75 Å². The van der Waals surface area contributed by atoms with Crippen molar-refractivity contribution in [2.45, 2.75) is 13.5 Å². The van der Waals surface area contributed by atoms with Gasteiger partial charge in [-0.15, -0.1) is 0 Å². The molecule has 0 spiro atoms. The third kappa shape index (κ3) is 4.19. The van der Waals surface area contributed by atoms with Crippen LogP contribution in [0.5, 0.6) is 5.75 Å². The maximum absolute atomic E-state index is 12.0. The van der Waals surface area contributed by atoms with E-state index in [9.17, 15) is 14.9 Å². The summed E-state index contributed by atoms with van der Waals surface area (Å²) in [7, 11) is 1.43. The van der Waals surface area contributed by atoms with E-state index in [-0.39, 0.29) is 11.4 Å². The van der Waals surface area contributed by atoms with Gasteiger partial charge in [0.15, 0.2) is 0 Å². The number of carbonyl (C=O) groups is 1. The van der Waals surface area contributed by atoms with Gasteiger partial charge >= 0.3 is 6.03 Å². The molecule has 2 aromatic rings. The smallest absolute Gasteiger partial charge is 0.319 e. The van der Waals surface area contributed by atoms with Crippen molar-refractivity contribution in [2.75, 3.05) is 12.4 Å². The Morgan fingerprint density at radius 3 is 2.65 bits per heavy atom. The first-order chi connectivity index (χ1) is 11.0. The summed E-state index contributed by atoms with van der Waals surface area (Å²) < 4.78 is 5.10. The Labute approximate surface area is 133 Å². The Morgan fingerprint density at radius 1 is 1.26 bits per heavy atom. The van der Waals surface area contributed by atoms with Gasteiger partial charge in [-0.25, -0.2) is 4.79 Å². The second kappa shape index (κ2) is 7.26. The molecule has 7 heteroatoms. The molecule has 0 bridgehead atoms. The topological polar surface area (TPSA) is 93.5 Å². The van der Waals surface area contributed by atoms with Gasteiger partial charge in [-0.05, 0) is 24.1 Å². The average molecular weight is 315 g/mol. The number of nitrogens with one attached hydrogen (secondary N) is 2. The van der Waals surface area contributed by atoms with E-state index in [2.05, 4.69) is 10.6 Å². The van der Waals surface area contributed by atoms with Gasteiger partial charge < -0.3 is 15.4 Å². The number of non-ortho nitro benzene ring substituents is 1. The van der Waals surface area contributed by atoms with Crippen LogP contribution in [0, 0.1) is 17.0 Å². The maximum Gasteiger partial charge on any atom is 0.319 e. The van der Waals surface area contributed by atoms with Crippen molar-refractivity contribution in [1.82, 2.24) is 5.32 Å². The molecular formula is C16H17N3O4. The van der Waals surface area contributed by atoms with E-state index in [1.54, 1.807) is 0 Å². The molecule has 0 atom stereocenters. The molecule has 120 valence electrons. The lowest BCUT2D eigenvalue weighted by Crippen LogP contribution is -2.28. The minimum atomic E-state index is -0.532. The van der Waals surface area contributed by atoms with Crippen LogP contribution < -0.4 is 15.4 Å². The highest BCUT2D eigenvalue weighted by molar-refractivity contribution is 5.91. The molecule has 0 aliphatic carbocycles. The molecule has 0 aromatic heterocycles. The van der Waals surface area contributed by atoms with Crippen molar-refractivity contribution in [3.63, 3.8) is 0 Å². The number of aryl methyl sites for hydroxylation is 1. The summed E-state index contributed by atoms with van der Waals surface area (Å²) in [6.07, 6.45) is 0. The summed E-state index contributed by atoms with van der Waals surface area (Å²) in [6, 6.07) is 11.2. The molecule has 0 unspecified atom stereocenters. The molecule has 7 nitrogen and oxygen atoms in total. The Bertz CT molecular complexity index is 731. The van der Waals surface area contributed by atoms with Crippen LogP contribution in [0.3, 0.4) is 0 Å². The number of benzene rings is 2. The van der Waals surface area contributed by atoms with Gasteiger partial charge in [-0.1, -0.05) is 24.3 Å². The number of amides is 2. The van der Waals surface area contributed by atoms with Crippen LogP contribution in [-0.4, -0.2) is 18.1 Å². The molecule has 2 aromatic carbocycles. The molecule has 2 N–H and O–H groups in total. The quantitative estimate of drug-likeness (QED) is 0.654. The highest BCUT2D eigenvalue weighted by Gasteiger charge is 2.13. The van der Waals surface area contributed by atoms with E-state index in [1.807, 2.05) is 31.2 Å². The highest BCUT2D eigenvalue weighted by Crippen LogP contribution is 2.28. The number of carbonyl (C=O) groups excluding carboxylic acids is 1. The zero-order chi connectivity index (χ0) is 16.8. The summed E-state index contributed by atoms with van der Waals surface area (Å²) in [5, 5.41) is 16.1. The normalized spacial score (nSPS) is 10.0. The number of nitro benzene ring substituents is 1. The lowest BCUT2D eigenvalue weighted by atomic mass is 10.1. The standard InChI is InChI=1S/C16H17N3O4/c1-11-5-3-4-6-12(11)10-17-16(20)18-14-9-13(19(21)22)7-8-15(14)23-2/h3-9H,10H2,1-2H3,(H2,17,18,20). The predicted octanol–water partition coefficient (Wildman–Crippen LogP) is 3.23. The summed E-state index contributed by atoms with van der Waals surface area (Å²) in [4.78, 5) is 22.3. The van der Waals surface area contributed by atoms with E-state index in [1.165, 1.54) is 25.3 Å². The Kier molecular flexibility index (Phi) is 5.14. The van der Waals surface area contributed by atoms with Crippen molar-refractivity contribution in [2.24, 2.45) is 0 Å². The van der Waals surface area contributed by atoms with Crippen molar-refractivity contribution in [1.29, 1.82) is 0 Å². The summed E-state index contributed by atoms with van der Waals surface area (Å²) >= 11 is 0. The SMILES string of the molecule is COc1ccc([N+](=O)[O-])cc1NC(=O)NCc1ccccc1C. The lowest BCUT2D eigenvalue weighted by molar-refractivity contribution is -0.384. The number of hydrogen-bond acceptors (Lipinski definition) is 4. The molecule has 0 saturated carbocycles. The zero-order valence-corrected chi connectivity index (χ0v) is 12.8. The molecular weight excluding hydrogens is 298 g/mol. The summed E-state index contributed by atoms with van der Waals surface area (Å²) in [6.45, 7) is 2.31. The number of methoxy groups -OCH3 is 1. The fourth-order valence-electron chi connectivity index (χ4n) is 2.06. The number of nitrogens with zero attached hydrogens (tertiary/aromatic N) is 1. The second-order valence-corrected chi connectivity index (χ2v) is 4.88. The summed E-state index contributed by atoms with van der Waals surface area (Å²) in [5.41, 5.74) is 2.18. The van der Waals surface area contributed by atoms with E-state index in [0.29, 0.717) is 12.3 Å². The molecule has 2 rings (SSSR count). The number of nitro groups is 1. The van der Waals surface area contributed by atoms with Gasteiger partial charge in [0.1, 0.15) is 5.75 Å². The van der Waals surface area contributed by atoms with Crippen LogP contribution >= 0.6 is 0 Å². The van der Waals surface area contributed by atoms with Gasteiger partial charge in [0.05, 0.1) is 17.7 Å². The van der Waals surface area contributed by atoms with Gasteiger partial charge in [0.25, 0.3) is 5.69 Å². The maximum atomic E-state index is 12.0. The Balaban J connectivity index is 2.06. The van der Waals surface area contributed by atoms with E-state index < -0.39 is 11.0 Å². The third-order valence-corrected chi connectivity index (χ3v) is 3.34. The molecule has 0 heterocycles. The second-order valence-electron chi connectivity index (χ2n) is 4.88. The molecule has 2 amide bonds.